The number of allylic oxidation sites excluding steroid dienone is 2. The lowest BCUT2D eigenvalue weighted by atomic mass is 10.0. The summed E-state index contributed by atoms with van der Waals surface area (Å²) in [5.74, 6) is 1.54. The molecule has 1 atom stereocenters. The van der Waals surface area contributed by atoms with Gasteiger partial charge in [0, 0.05) is 38.8 Å². The smallest absolute Gasteiger partial charge is 0.209 e. The van der Waals surface area contributed by atoms with E-state index < -0.39 is 6.10 Å². The van der Waals surface area contributed by atoms with Crippen molar-refractivity contribution in [3.8, 4) is 0 Å². The van der Waals surface area contributed by atoms with Crippen LogP contribution >= 0.6 is 0 Å². The minimum Gasteiger partial charge on any atom is -0.387 e. The number of aromatic nitrogens is 2. The van der Waals surface area contributed by atoms with Gasteiger partial charge in [0.05, 0.1) is 6.10 Å². The second kappa shape index (κ2) is 8.62. The van der Waals surface area contributed by atoms with Gasteiger partial charge >= 0.3 is 0 Å². The minimum absolute atomic E-state index is 0.408. The molecule has 134 valence electrons. The summed E-state index contributed by atoms with van der Waals surface area (Å²) in [5, 5.41) is 13.5. The zero-order valence-corrected chi connectivity index (χ0v) is 14.3. The SMILES string of the molecule is O=CN1CCCN(c2cc(NC[C@H](O)C3=CCCC=C3)ncn2)CC1. The highest BCUT2D eigenvalue weighted by Gasteiger charge is 2.16. The van der Waals surface area contributed by atoms with E-state index in [4.69, 9.17) is 0 Å². The van der Waals surface area contributed by atoms with Gasteiger partial charge < -0.3 is 20.2 Å². The van der Waals surface area contributed by atoms with E-state index in [1.807, 2.05) is 12.1 Å². The summed E-state index contributed by atoms with van der Waals surface area (Å²) in [6.45, 7) is 3.52. The molecule has 3 rings (SSSR count). The average Bonchev–Trinajstić information content (AvgIpc) is 2.93. The van der Waals surface area contributed by atoms with Crippen molar-refractivity contribution < 1.29 is 9.90 Å². The summed E-state index contributed by atoms with van der Waals surface area (Å²) in [4.78, 5) is 23.5. The molecular formula is C18H25N5O2. The van der Waals surface area contributed by atoms with Gasteiger partial charge in [-0.15, -0.1) is 0 Å². The lowest BCUT2D eigenvalue weighted by Gasteiger charge is -2.22. The van der Waals surface area contributed by atoms with Gasteiger partial charge in [-0.25, -0.2) is 9.97 Å². The van der Waals surface area contributed by atoms with Crippen LogP contribution < -0.4 is 10.2 Å². The van der Waals surface area contributed by atoms with Crippen LogP contribution in [0.25, 0.3) is 0 Å². The Bertz CT molecular complexity index is 646. The molecule has 1 aliphatic carbocycles. The Kier molecular flexibility index (Phi) is 6.00. The normalized spacial score (nSPS) is 19.2. The van der Waals surface area contributed by atoms with E-state index in [-0.39, 0.29) is 0 Å². The fourth-order valence-electron chi connectivity index (χ4n) is 3.09. The number of amides is 1. The third-order valence-electron chi connectivity index (χ3n) is 4.54. The number of aliphatic hydroxyl groups is 1. The first-order valence-electron chi connectivity index (χ1n) is 8.81. The Labute approximate surface area is 148 Å². The van der Waals surface area contributed by atoms with Gasteiger partial charge in [0.25, 0.3) is 0 Å². The molecule has 0 unspecified atom stereocenters. The summed E-state index contributed by atoms with van der Waals surface area (Å²) in [6, 6.07) is 1.90. The quantitative estimate of drug-likeness (QED) is 0.755. The predicted molar refractivity (Wildman–Crippen MR) is 97.5 cm³/mol. The summed E-state index contributed by atoms with van der Waals surface area (Å²) in [5.41, 5.74) is 0.953. The van der Waals surface area contributed by atoms with Crippen LogP contribution in [0.15, 0.2) is 36.2 Å². The largest absolute Gasteiger partial charge is 0.387 e. The molecule has 1 aromatic heterocycles. The average molecular weight is 343 g/mol. The van der Waals surface area contributed by atoms with E-state index in [1.54, 1.807) is 4.90 Å². The van der Waals surface area contributed by atoms with Gasteiger partial charge in [-0.3, -0.25) is 4.79 Å². The van der Waals surface area contributed by atoms with Crippen LogP contribution in [0.4, 0.5) is 11.6 Å². The van der Waals surface area contributed by atoms with E-state index in [0.29, 0.717) is 18.9 Å². The summed E-state index contributed by atoms with van der Waals surface area (Å²) in [6.07, 6.45) is 11.0. The Hall–Kier alpha value is -2.41. The molecule has 0 spiro atoms. The molecule has 2 heterocycles. The van der Waals surface area contributed by atoms with E-state index in [0.717, 1.165) is 56.7 Å². The molecule has 0 bridgehead atoms. The highest BCUT2D eigenvalue weighted by Crippen LogP contribution is 2.17. The fraction of sp³-hybridized carbons (Fsp3) is 0.500. The van der Waals surface area contributed by atoms with Gasteiger partial charge in [0.15, 0.2) is 0 Å². The van der Waals surface area contributed by atoms with Gasteiger partial charge in [0.1, 0.15) is 18.0 Å². The number of anilines is 2. The summed E-state index contributed by atoms with van der Waals surface area (Å²) < 4.78 is 0. The molecule has 25 heavy (non-hydrogen) atoms. The molecular weight excluding hydrogens is 318 g/mol. The molecule has 7 nitrogen and oxygen atoms in total. The molecule has 1 fully saturated rings. The van der Waals surface area contributed by atoms with Crippen molar-refractivity contribution in [1.29, 1.82) is 0 Å². The number of nitrogens with one attached hydrogen (secondary N) is 1. The van der Waals surface area contributed by atoms with Crippen molar-refractivity contribution in [3.05, 3.63) is 36.2 Å². The molecule has 0 aromatic carbocycles. The maximum atomic E-state index is 10.9. The van der Waals surface area contributed by atoms with E-state index >= 15 is 0 Å². The maximum absolute atomic E-state index is 10.9. The van der Waals surface area contributed by atoms with Gasteiger partial charge in [0.2, 0.25) is 6.41 Å². The first-order valence-corrected chi connectivity index (χ1v) is 8.81. The van der Waals surface area contributed by atoms with Gasteiger partial charge in [-0.1, -0.05) is 18.2 Å². The van der Waals surface area contributed by atoms with Crippen LogP contribution in [0.2, 0.25) is 0 Å². The second-order valence-corrected chi connectivity index (χ2v) is 6.32. The maximum Gasteiger partial charge on any atom is 0.209 e. The van der Waals surface area contributed by atoms with Crippen LogP contribution in [-0.4, -0.2) is 65.2 Å². The molecule has 1 saturated heterocycles. The Morgan fingerprint density at radius 2 is 2.16 bits per heavy atom. The lowest BCUT2D eigenvalue weighted by molar-refractivity contribution is -0.117. The molecule has 1 aromatic rings. The summed E-state index contributed by atoms with van der Waals surface area (Å²) in [7, 11) is 0. The van der Waals surface area contributed by atoms with Crippen molar-refractivity contribution in [3.63, 3.8) is 0 Å². The molecule has 0 saturated carbocycles. The third-order valence-corrected chi connectivity index (χ3v) is 4.54. The highest BCUT2D eigenvalue weighted by molar-refractivity contribution is 5.50. The van der Waals surface area contributed by atoms with Crippen molar-refractivity contribution in [2.24, 2.45) is 0 Å². The first kappa shape index (κ1) is 17.4. The Morgan fingerprint density at radius 3 is 2.96 bits per heavy atom. The van der Waals surface area contributed by atoms with Gasteiger partial charge in [-0.2, -0.15) is 0 Å². The first-order chi connectivity index (χ1) is 12.3. The highest BCUT2D eigenvalue weighted by atomic mass is 16.3. The zero-order valence-electron chi connectivity index (χ0n) is 14.3. The van der Waals surface area contributed by atoms with Crippen molar-refractivity contribution >= 4 is 18.0 Å². The number of hydrogen-bond donors (Lipinski definition) is 2. The minimum atomic E-state index is -0.547. The number of nitrogens with zero attached hydrogens (tertiary/aromatic N) is 4. The number of carbonyl (C=O) groups excluding carboxylic acids is 1. The fourth-order valence-corrected chi connectivity index (χ4v) is 3.09. The number of hydrogen-bond acceptors (Lipinski definition) is 6. The summed E-state index contributed by atoms with van der Waals surface area (Å²) >= 11 is 0. The van der Waals surface area contributed by atoms with Crippen LogP contribution in [0.5, 0.6) is 0 Å². The molecule has 2 N–H and O–H groups in total. The van der Waals surface area contributed by atoms with Crippen LogP contribution in [0.1, 0.15) is 19.3 Å². The lowest BCUT2D eigenvalue weighted by Crippen LogP contribution is -2.30. The van der Waals surface area contributed by atoms with Crippen LogP contribution in [-0.2, 0) is 4.79 Å². The molecule has 1 aliphatic heterocycles. The topological polar surface area (TPSA) is 81.6 Å². The van der Waals surface area contributed by atoms with Crippen LogP contribution in [0.3, 0.4) is 0 Å². The Balaban J connectivity index is 1.58. The van der Waals surface area contributed by atoms with Crippen molar-refractivity contribution in [2.75, 3.05) is 42.9 Å². The zero-order chi connectivity index (χ0) is 17.5. The number of rotatable bonds is 6. The van der Waals surface area contributed by atoms with Crippen molar-refractivity contribution in [1.82, 2.24) is 14.9 Å². The van der Waals surface area contributed by atoms with E-state index in [1.165, 1.54) is 6.33 Å². The third kappa shape index (κ3) is 4.79. The standard InChI is InChI=1S/C18H25N5O2/c24-14-22-7-4-8-23(10-9-22)18-11-17(20-13-21-18)19-12-16(25)15-5-2-1-3-6-15/h2,5-6,11,13-14,16,25H,1,3-4,7-10,12H2,(H,19,20,21)/t16-/m0/s1. The number of carbonyl (C=O) groups is 1. The van der Waals surface area contributed by atoms with E-state index in [9.17, 15) is 9.90 Å². The molecule has 2 aliphatic rings. The monoisotopic (exact) mass is 343 g/mol. The van der Waals surface area contributed by atoms with Crippen LogP contribution in [0, 0.1) is 0 Å². The second-order valence-electron chi connectivity index (χ2n) is 6.32. The Morgan fingerprint density at radius 1 is 1.24 bits per heavy atom. The van der Waals surface area contributed by atoms with E-state index in [2.05, 4.69) is 32.3 Å². The molecule has 1 amide bonds. The predicted octanol–water partition coefficient (Wildman–Crippen LogP) is 1.19. The van der Waals surface area contributed by atoms with Crippen molar-refractivity contribution in [2.45, 2.75) is 25.4 Å². The molecule has 0 radical (unpaired) electrons. The van der Waals surface area contributed by atoms with Gasteiger partial charge in [-0.05, 0) is 24.8 Å². The number of aliphatic hydroxyl groups excluding tert-OH is 1. The molecule has 7 heteroatoms.